The summed E-state index contributed by atoms with van der Waals surface area (Å²) in [6.07, 6.45) is 13.7. The number of benzene rings is 2. The number of phosphoric acid groups is 2. The van der Waals surface area contributed by atoms with Crippen LogP contribution >= 0.6 is 23.9 Å². The Morgan fingerprint density at radius 2 is 1.39 bits per heavy atom. The number of allylic oxidation sites excluding steroid dienone is 5. The first-order valence-corrected chi connectivity index (χ1v) is 23.6. The van der Waals surface area contributed by atoms with Crippen LogP contribution in [0.2, 0.25) is 0 Å². The summed E-state index contributed by atoms with van der Waals surface area (Å²) in [5.41, 5.74) is 3.83. The molecule has 0 saturated carbocycles. The number of amides is 1. The van der Waals surface area contributed by atoms with E-state index in [1.54, 1.807) is 0 Å². The van der Waals surface area contributed by atoms with E-state index in [9.17, 15) is 28.3 Å². The van der Waals surface area contributed by atoms with Crippen LogP contribution in [0.15, 0.2) is 65.3 Å². The lowest BCUT2D eigenvalue weighted by Crippen LogP contribution is -2.30. The van der Waals surface area contributed by atoms with Gasteiger partial charge in [-0.05, 0) is 84.8 Å². The number of nitrogens with zero attached hydrogens (tertiary/aromatic N) is 1. The Bertz CT molecular complexity index is 1860. The molecule has 0 fully saturated rings. The molecule has 3 unspecified atom stereocenters. The number of unbranched alkanes of at least 4 members (excludes halogenated alkanes) is 3. The Hall–Kier alpha value is -3.31. The van der Waals surface area contributed by atoms with Crippen molar-refractivity contribution in [2.75, 3.05) is 36.6 Å². The normalized spacial score (nSPS) is 15.4. The molecule has 2 aromatic carbocycles. The number of para-hydroxylation sites is 1. The molecule has 2 aromatic rings. The predicted octanol–water partition coefficient (Wildman–Crippen LogP) is 12.3. The van der Waals surface area contributed by atoms with E-state index >= 15 is 0 Å². The molecule has 17 heteroatoms. The van der Waals surface area contributed by atoms with Gasteiger partial charge in [0.15, 0.2) is 5.75 Å². The first-order chi connectivity index (χ1) is 27.1. The van der Waals surface area contributed by atoms with Gasteiger partial charge in [0.25, 0.3) is 5.91 Å². The topological polar surface area (TPSA) is 179 Å². The number of carbonyl (C=O) groups excluding carboxylic acids is 1. The van der Waals surface area contributed by atoms with Gasteiger partial charge in [-0.1, -0.05) is 81.0 Å². The van der Waals surface area contributed by atoms with Gasteiger partial charge in [0, 0.05) is 23.2 Å². The zero-order valence-corrected chi connectivity index (χ0v) is 37.0. The average Bonchev–Trinajstić information content (AvgIpc) is 3.24. The maximum atomic E-state index is 14.6. The van der Waals surface area contributed by atoms with Crippen LogP contribution in [0.25, 0.3) is 0 Å². The monoisotopic (exact) mass is 853 g/mol. The van der Waals surface area contributed by atoms with Crippen molar-refractivity contribution in [2.45, 2.75) is 113 Å². The quantitative estimate of drug-likeness (QED) is 0.0463. The summed E-state index contributed by atoms with van der Waals surface area (Å²) in [6, 6.07) is 7.02. The van der Waals surface area contributed by atoms with E-state index in [4.69, 9.17) is 27.1 Å². The molecular formula is C40H60N2O12P3+. The van der Waals surface area contributed by atoms with Crippen LogP contribution in [0.1, 0.15) is 123 Å². The zero-order valence-electron chi connectivity index (χ0n) is 34.3. The van der Waals surface area contributed by atoms with Crippen molar-refractivity contribution < 1.29 is 55.4 Å². The van der Waals surface area contributed by atoms with Gasteiger partial charge in [-0.25, -0.2) is 13.7 Å². The van der Waals surface area contributed by atoms with Crippen LogP contribution in [0.5, 0.6) is 17.2 Å². The largest absolute Gasteiger partial charge is 0.750 e. The Balaban J connectivity index is 2.15. The van der Waals surface area contributed by atoms with Crippen LogP contribution in [-0.4, -0.2) is 42.1 Å². The summed E-state index contributed by atoms with van der Waals surface area (Å²) in [7, 11) is -12.1. The maximum Gasteiger partial charge on any atom is 0.750 e. The number of anilines is 3. The lowest BCUT2D eigenvalue weighted by molar-refractivity contribution is 0.0990. The minimum Gasteiger partial charge on any atom is -0.404 e. The van der Waals surface area contributed by atoms with E-state index in [1.807, 2.05) is 33.8 Å². The van der Waals surface area contributed by atoms with Crippen LogP contribution in [-0.2, 0) is 27.3 Å². The van der Waals surface area contributed by atoms with Crippen LogP contribution < -0.4 is 23.8 Å². The van der Waals surface area contributed by atoms with Crippen molar-refractivity contribution in [1.82, 2.24) is 0 Å². The molecule has 0 radical (unpaired) electrons. The van der Waals surface area contributed by atoms with E-state index in [-0.39, 0.29) is 66.2 Å². The van der Waals surface area contributed by atoms with E-state index in [0.717, 1.165) is 44.1 Å². The molecule has 0 aliphatic carbocycles. The molecule has 0 aromatic heterocycles. The standard InChI is InChI=1S/C40H59N2O12P3/c1-8-11-25-49-55(44)52-37-29-33(53-56(45,46)50-26-12-9-2)28-35-39(37)41-38-34(21-16-22-36(38)54-57(47,48)51-27-13-10-3)40(43)42(35)24-23-32(7)20-15-19-31(6)18-14-17-30(4)5/h16-17,19,21-23,28-29H,8-15,18,20,24-27H2,1-7H3,(H2-,41,43,45,46,47,48)/p+1/b31-19+,32-23+. The lowest BCUT2D eigenvalue weighted by Gasteiger charge is -2.23. The fourth-order valence-electron chi connectivity index (χ4n) is 5.45. The highest BCUT2D eigenvalue weighted by molar-refractivity contribution is 7.48. The van der Waals surface area contributed by atoms with Crippen molar-refractivity contribution in [2.24, 2.45) is 0 Å². The van der Waals surface area contributed by atoms with Crippen molar-refractivity contribution >= 4 is 46.9 Å². The van der Waals surface area contributed by atoms with Crippen molar-refractivity contribution in [1.29, 1.82) is 0 Å². The molecule has 3 N–H and O–H groups in total. The Labute approximate surface area is 338 Å². The smallest absolute Gasteiger partial charge is 0.404 e. The van der Waals surface area contributed by atoms with Gasteiger partial charge in [0.05, 0.1) is 30.2 Å². The van der Waals surface area contributed by atoms with Gasteiger partial charge in [-0.3, -0.25) is 23.6 Å². The molecule has 0 bridgehead atoms. The first kappa shape index (κ1) is 48.1. The zero-order chi connectivity index (χ0) is 42.0. The fraction of sp³-hybridized carbons (Fsp3) is 0.525. The Morgan fingerprint density at radius 1 is 0.789 bits per heavy atom. The van der Waals surface area contributed by atoms with E-state index in [2.05, 4.69) is 38.2 Å². The number of phosphoric ester groups is 2. The predicted molar refractivity (Wildman–Crippen MR) is 225 cm³/mol. The fourth-order valence-corrected chi connectivity index (χ4v) is 7.68. The summed E-state index contributed by atoms with van der Waals surface area (Å²) in [5, 5.41) is 3.12. The number of hydrogen-bond acceptors (Lipinski definition) is 11. The third-order valence-corrected chi connectivity index (χ3v) is 11.3. The minimum atomic E-state index is -4.66. The van der Waals surface area contributed by atoms with Crippen LogP contribution in [0.4, 0.5) is 17.1 Å². The number of carbonyl (C=O) groups is 1. The van der Waals surface area contributed by atoms with E-state index in [0.29, 0.717) is 25.7 Å². The molecule has 0 saturated heterocycles. The van der Waals surface area contributed by atoms with Crippen molar-refractivity contribution in [3.63, 3.8) is 0 Å². The molecule has 1 aliphatic heterocycles. The van der Waals surface area contributed by atoms with E-state index in [1.165, 1.54) is 46.4 Å². The molecule has 1 amide bonds. The number of hydrogen-bond donors (Lipinski definition) is 3. The first-order valence-electron chi connectivity index (χ1n) is 19.6. The molecular weight excluding hydrogens is 793 g/mol. The highest BCUT2D eigenvalue weighted by Crippen LogP contribution is 2.54. The van der Waals surface area contributed by atoms with Gasteiger partial charge in [0.1, 0.15) is 18.0 Å². The van der Waals surface area contributed by atoms with Crippen LogP contribution in [0, 0.1) is 0 Å². The maximum absolute atomic E-state index is 14.6. The number of fused-ring (bicyclic) bond motifs is 2. The minimum absolute atomic E-state index is 0.00502. The van der Waals surface area contributed by atoms with Gasteiger partial charge >= 0.3 is 23.9 Å². The second-order valence-corrected chi connectivity index (χ2v) is 17.6. The summed E-state index contributed by atoms with van der Waals surface area (Å²) in [4.78, 5) is 37.2. The second kappa shape index (κ2) is 23.9. The number of rotatable bonds is 26. The molecule has 0 spiro atoms. The van der Waals surface area contributed by atoms with Crippen molar-refractivity contribution in [3.05, 3.63) is 70.8 Å². The van der Waals surface area contributed by atoms with Crippen LogP contribution in [0.3, 0.4) is 0 Å². The SMILES string of the molecule is CCCCO[P+](=O)Oc1cc(OP(=O)(O)OCCCC)cc2c1Nc1c(OP(=O)(O)OCCCC)cccc1C(=O)N2C/C=C(\C)CC/C=C(\C)CCC=C(C)C. The average molecular weight is 854 g/mol. The molecule has 14 nitrogen and oxygen atoms in total. The highest BCUT2D eigenvalue weighted by Gasteiger charge is 2.36. The molecule has 3 atom stereocenters. The molecule has 3 rings (SSSR count). The Morgan fingerprint density at radius 3 is 2.02 bits per heavy atom. The molecule has 316 valence electrons. The van der Waals surface area contributed by atoms with Gasteiger partial charge < -0.3 is 19.3 Å². The van der Waals surface area contributed by atoms with Gasteiger partial charge in [-0.2, -0.15) is 0 Å². The Kier molecular flexibility index (Phi) is 20.2. The van der Waals surface area contributed by atoms with Gasteiger partial charge in [0.2, 0.25) is 5.75 Å². The van der Waals surface area contributed by atoms with Gasteiger partial charge in [-0.15, -0.1) is 4.52 Å². The molecule has 1 aliphatic rings. The summed E-state index contributed by atoms with van der Waals surface area (Å²) in [6.45, 7) is 14.1. The lowest BCUT2D eigenvalue weighted by atomic mass is 10.1. The molecule has 1 heterocycles. The third kappa shape index (κ3) is 16.5. The summed E-state index contributed by atoms with van der Waals surface area (Å²) >= 11 is 0. The highest BCUT2D eigenvalue weighted by atomic mass is 31.2. The number of nitrogens with one attached hydrogen (secondary N) is 1. The third-order valence-electron chi connectivity index (χ3n) is 8.65. The molecule has 57 heavy (non-hydrogen) atoms. The van der Waals surface area contributed by atoms with E-state index < -0.39 is 29.8 Å². The van der Waals surface area contributed by atoms with Crippen molar-refractivity contribution in [3.8, 4) is 17.2 Å². The summed E-state index contributed by atoms with van der Waals surface area (Å²) in [5.74, 6) is -1.12. The summed E-state index contributed by atoms with van der Waals surface area (Å²) < 4.78 is 71.8. The second-order valence-electron chi connectivity index (χ2n) is 14.0.